The predicted octanol–water partition coefficient (Wildman–Crippen LogP) is 5.42. The van der Waals surface area contributed by atoms with E-state index < -0.39 is 11.9 Å². The molecule has 1 heterocycles. The molecule has 2 aliphatic rings. The van der Waals surface area contributed by atoms with Gasteiger partial charge in [0.1, 0.15) is 12.4 Å². The van der Waals surface area contributed by atoms with Crippen LogP contribution < -0.4 is 9.64 Å². The molecule has 1 aliphatic heterocycles. The lowest BCUT2D eigenvalue weighted by Gasteiger charge is -2.40. The first kappa shape index (κ1) is 23.8. The van der Waals surface area contributed by atoms with E-state index in [-0.39, 0.29) is 48.5 Å². The lowest BCUT2D eigenvalue weighted by atomic mass is 9.74. The quantitative estimate of drug-likeness (QED) is 0.594. The van der Waals surface area contributed by atoms with Crippen LogP contribution in [0.2, 0.25) is 5.02 Å². The number of halogens is 3. The zero-order valence-corrected chi connectivity index (χ0v) is 19.3. The molecule has 0 radical (unpaired) electrons. The molecule has 1 N–H and O–H groups in total. The minimum absolute atomic E-state index is 0.0524. The minimum Gasteiger partial charge on any atom is -0.487 e. The van der Waals surface area contributed by atoms with Gasteiger partial charge in [0.25, 0.3) is 5.92 Å². The first-order valence-electron chi connectivity index (χ1n) is 11.2. The first-order valence-corrected chi connectivity index (χ1v) is 11.6. The fourth-order valence-electron chi connectivity index (χ4n) is 4.64. The largest absolute Gasteiger partial charge is 0.487 e. The molecule has 0 unspecified atom stereocenters. The van der Waals surface area contributed by atoms with Gasteiger partial charge in [-0.05, 0) is 67.0 Å². The SMILES string of the molecule is COC(=O)c1ccc2c(c1)N(C[C@@H]1CC[C@H]1CO)CCCC(F)(F)c1cc(Cl)ccc1CO2. The number of anilines is 1. The number of rotatable bonds is 4. The van der Waals surface area contributed by atoms with Gasteiger partial charge in [-0.1, -0.05) is 17.7 Å². The van der Waals surface area contributed by atoms with E-state index >= 15 is 8.78 Å². The van der Waals surface area contributed by atoms with Gasteiger partial charge in [-0.3, -0.25) is 0 Å². The van der Waals surface area contributed by atoms with Crippen molar-refractivity contribution >= 4 is 23.3 Å². The number of carbonyl (C=O) groups is 1. The van der Waals surface area contributed by atoms with Gasteiger partial charge in [0, 0.05) is 36.7 Å². The number of fused-ring (bicyclic) bond motifs is 2. The maximum absolute atomic E-state index is 15.2. The Labute approximate surface area is 197 Å². The summed E-state index contributed by atoms with van der Waals surface area (Å²) < 4.78 is 41.2. The first-order chi connectivity index (χ1) is 15.8. The third-order valence-electron chi connectivity index (χ3n) is 6.75. The molecule has 1 saturated carbocycles. The standard InChI is InChI=1S/C25H28ClF2NO4/c1-32-24(31)16-6-8-23-22(11-16)29(13-17-3-4-18(17)14-30)10-2-9-25(27,28)21-12-20(26)7-5-19(21)15-33-23/h5-8,11-12,17-18,30H,2-4,9-10,13-15H2,1H3/t17-,18-/m0/s1. The van der Waals surface area contributed by atoms with E-state index in [1.54, 1.807) is 30.3 Å². The van der Waals surface area contributed by atoms with Crippen LogP contribution in [0.4, 0.5) is 14.5 Å². The van der Waals surface area contributed by atoms with E-state index in [4.69, 9.17) is 21.1 Å². The topological polar surface area (TPSA) is 59.0 Å². The summed E-state index contributed by atoms with van der Waals surface area (Å²) in [5, 5.41) is 9.88. The Hall–Kier alpha value is -2.38. The van der Waals surface area contributed by atoms with Gasteiger partial charge in [-0.2, -0.15) is 0 Å². The number of alkyl halides is 2. The number of esters is 1. The van der Waals surface area contributed by atoms with E-state index in [0.29, 0.717) is 35.7 Å². The average Bonchev–Trinajstić information content (AvgIpc) is 2.80. The molecule has 0 bridgehead atoms. The summed E-state index contributed by atoms with van der Waals surface area (Å²) in [4.78, 5) is 14.2. The van der Waals surface area contributed by atoms with Crippen molar-refractivity contribution < 1.29 is 28.2 Å². The average molecular weight is 480 g/mol. The van der Waals surface area contributed by atoms with Gasteiger partial charge in [0.05, 0.1) is 18.4 Å². The molecule has 4 rings (SSSR count). The molecule has 0 aromatic heterocycles. The summed E-state index contributed by atoms with van der Waals surface area (Å²) in [6.07, 6.45) is 1.82. The molecular weight excluding hydrogens is 452 g/mol. The Bertz CT molecular complexity index is 1010. The Morgan fingerprint density at radius 1 is 1.24 bits per heavy atom. The van der Waals surface area contributed by atoms with Crippen LogP contribution in [-0.4, -0.2) is 37.9 Å². The van der Waals surface area contributed by atoms with Crippen LogP contribution in [0.3, 0.4) is 0 Å². The summed E-state index contributed by atoms with van der Waals surface area (Å²) in [5.41, 5.74) is 1.29. The number of aliphatic hydroxyl groups is 1. The number of aliphatic hydroxyl groups excluding tert-OH is 1. The number of hydrogen-bond donors (Lipinski definition) is 1. The molecule has 0 amide bonds. The van der Waals surface area contributed by atoms with Gasteiger partial charge in [0.2, 0.25) is 0 Å². The number of carbonyl (C=O) groups excluding carboxylic acids is 1. The molecule has 0 saturated heterocycles. The Balaban J connectivity index is 1.72. The molecule has 1 aliphatic carbocycles. The summed E-state index contributed by atoms with van der Waals surface area (Å²) in [6.45, 7) is 1.01. The van der Waals surface area contributed by atoms with Gasteiger partial charge in [-0.25, -0.2) is 13.6 Å². The zero-order chi connectivity index (χ0) is 23.6. The van der Waals surface area contributed by atoms with Crippen LogP contribution in [0.1, 0.15) is 47.2 Å². The minimum atomic E-state index is -3.05. The molecule has 33 heavy (non-hydrogen) atoms. The van der Waals surface area contributed by atoms with Crippen LogP contribution in [-0.2, 0) is 17.3 Å². The van der Waals surface area contributed by atoms with E-state index in [0.717, 1.165) is 12.8 Å². The summed E-state index contributed by atoms with van der Waals surface area (Å²) in [7, 11) is 1.32. The van der Waals surface area contributed by atoms with Crippen LogP contribution in [0, 0.1) is 11.8 Å². The predicted molar refractivity (Wildman–Crippen MR) is 122 cm³/mol. The highest BCUT2D eigenvalue weighted by molar-refractivity contribution is 6.30. The Morgan fingerprint density at radius 3 is 2.73 bits per heavy atom. The third kappa shape index (κ3) is 5.09. The summed E-state index contributed by atoms with van der Waals surface area (Å²) >= 11 is 6.03. The van der Waals surface area contributed by atoms with E-state index in [1.807, 2.05) is 4.90 Å². The lowest BCUT2D eigenvalue weighted by molar-refractivity contribution is -0.0162. The fourth-order valence-corrected chi connectivity index (χ4v) is 4.81. The van der Waals surface area contributed by atoms with Crippen LogP contribution in [0.15, 0.2) is 36.4 Å². The molecule has 8 heteroatoms. The fraction of sp³-hybridized carbons (Fsp3) is 0.480. The number of ether oxygens (including phenoxy) is 2. The van der Waals surface area contributed by atoms with Crippen molar-refractivity contribution in [3.8, 4) is 5.75 Å². The zero-order valence-electron chi connectivity index (χ0n) is 18.5. The highest BCUT2D eigenvalue weighted by Gasteiger charge is 2.36. The second-order valence-corrected chi connectivity index (χ2v) is 9.23. The molecule has 178 valence electrons. The van der Waals surface area contributed by atoms with Crippen LogP contribution in [0.25, 0.3) is 0 Å². The van der Waals surface area contributed by atoms with Crippen molar-refractivity contribution in [2.75, 3.05) is 31.7 Å². The monoisotopic (exact) mass is 479 g/mol. The van der Waals surface area contributed by atoms with Gasteiger partial charge in [0.15, 0.2) is 0 Å². The van der Waals surface area contributed by atoms with Gasteiger partial charge in [-0.15, -0.1) is 0 Å². The highest BCUT2D eigenvalue weighted by atomic mass is 35.5. The van der Waals surface area contributed by atoms with E-state index in [2.05, 4.69) is 0 Å². The second kappa shape index (κ2) is 9.85. The van der Waals surface area contributed by atoms with Crippen LogP contribution >= 0.6 is 11.6 Å². The molecule has 1 fully saturated rings. The van der Waals surface area contributed by atoms with Crippen molar-refractivity contribution in [1.82, 2.24) is 0 Å². The summed E-state index contributed by atoms with van der Waals surface area (Å²) in [5.74, 6) is -2.56. The highest BCUT2D eigenvalue weighted by Crippen LogP contribution is 2.41. The second-order valence-electron chi connectivity index (χ2n) is 8.80. The molecule has 0 spiro atoms. The Morgan fingerprint density at radius 2 is 2.03 bits per heavy atom. The van der Waals surface area contributed by atoms with Crippen molar-refractivity contribution in [2.45, 2.75) is 38.2 Å². The molecule has 2 aromatic carbocycles. The van der Waals surface area contributed by atoms with Crippen molar-refractivity contribution in [2.24, 2.45) is 11.8 Å². The maximum atomic E-state index is 15.2. The van der Waals surface area contributed by atoms with Crippen molar-refractivity contribution in [3.63, 3.8) is 0 Å². The summed E-state index contributed by atoms with van der Waals surface area (Å²) in [6, 6.07) is 9.47. The van der Waals surface area contributed by atoms with Gasteiger partial charge >= 0.3 is 5.97 Å². The van der Waals surface area contributed by atoms with E-state index in [1.165, 1.54) is 13.2 Å². The number of methoxy groups -OCH3 is 1. The van der Waals surface area contributed by atoms with Crippen molar-refractivity contribution in [3.05, 3.63) is 58.1 Å². The van der Waals surface area contributed by atoms with Crippen LogP contribution in [0.5, 0.6) is 5.75 Å². The third-order valence-corrected chi connectivity index (χ3v) is 6.99. The lowest BCUT2D eigenvalue weighted by Crippen LogP contribution is -2.40. The molecule has 2 atom stereocenters. The maximum Gasteiger partial charge on any atom is 0.337 e. The van der Waals surface area contributed by atoms with E-state index in [9.17, 15) is 9.90 Å². The smallest absolute Gasteiger partial charge is 0.337 e. The number of hydrogen-bond acceptors (Lipinski definition) is 5. The number of nitrogens with zero attached hydrogens (tertiary/aromatic N) is 1. The van der Waals surface area contributed by atoms with Crippen molar-refractivity contribution in [1.29, 1.82) is 0 Å². The Kier molecular flexibility index (Phi) is 7.10. The molecule has 5 nitrogen and oxygen atoms in total. The number of benzene rings is 2. The molecule has 2 aromatic rings. The molecular formula is C25H28ClF2NO4. The normalized spacial score (nSPS) is 22.2. The van der Waals surface area contributed by atoms with Gasteiger partial charge < -0.3 is 19.5 Å².